The smallest absolute Gasteiger partial charge is 0.319 e. The number of carbonyl (C=O) groups excluding carboxylic acids is 1. The molecule has 0 fully saturated rings. The van der Waals surface area contributed by atoms with E-state index in [-0.39, 0.29) is 6.03 Å². The van der Waals surface area contributed by atoms with Crippen molar-refractivity contribution in [3.8, 4) is 5.69 Å². The van der Waals surface area contributed by atoms with Crippen LogP contribution in [0.25, 0.3) is 16.6 Å². The van der Waals surface area contributed by atoms with Gasteiger partial charge in [-0.15, -0.1) is 0 Å². The Morgan fingerprint density at radius 1 is 1.00 bits per heavy atom. The summed E-state index contributed by atoms with van der Waals surface area (Å²) in [5.41, 5.74) is 4.09. The average Bonchev–Trinajstić information content (AvgIpc) is 3.32. The van der Waals surface area contributed by atoms with Gasteiger partial charge in [-0.1, -0.05) is 24.3 Å². The second kappa shape index (κ2) is 7.19. The number of nitrogens with zero attached hydrogens (tertiary/aromatic N) is 1. The summed E-state index contributed by atoms with van der Waals surface area (Å²) in [6.07, 6.45) is 6.73. The number of H-pyrrole nitrogens is 1. The zero-order valence-electron chi connectivity index (χ0n) is 14.3. The van der Waals surface area contributed by atoms with E-state index < -0.39 is 0 Å². The second-order valence-electron chi connectivity index (χ2n) is 6.13. The standard InChI is InChI=1S/C21H20N4O/c26-21(22-11-10-16-15-23-20-9-2-1-8-19(16)20)24-17-6-5-7-18(14-17)25-12-3-4-13-25/h1-9,12-15,23H,10-11H2,(H2,22,24,26). The molecule has 2 heterocycles. The van der Waals surface area contributed by atoms with Gasteiger partial charge in [0.25, 0.3) is 0 Å². The quantitative estimate of drug-likeness (QED) is 0.496. The van der Waals surface area contributed by atoms with E-state index in [2.05, 4.69) is 27.8 Å². The van der Waals surface area contributed by atoms with Crippen LogP contribution in [0, 0.1) is 0 Å². The SMILES string of the molecule is O=C(NCCc1c[nH]c2ccccc12)Nc1cccc(-n2cccc2)c1. The van der Waals surface area contributed by atoms with Crippen LogP contribution in [0.15, 0.2) is 79.3 Å². The predicted octanol–water partition coefficient (Wildman–Crippen LogP) is 4.32. The lowest BCUT2D eigenvalue weighted by molar-refractivity contribution is 0.252. The third-order valence-corrected chi connectivity index (χ3v) is 4.36. The van der Waals surface area contributed by atoms with Crippen LogP contribution in [-0.2, 0) is 6.42 Å². The highest BCUT2D eigenvalue weighted by molar-refractivity contribution is 5.89. The minimum absolute atomic E-state index is 0.200. The molecule has 26 heavy (non-hydrogen) atoms. The summed E-state index contributed by atoms with van der Waals surface area (Å²) in [4.78, 5) is 15.4. The fourth-order valence-electron chi connectivity index (χ4n) is 3.08. The van der Waals surface area contributed by atoms with Gasteiger partial charge in [-0.05, 0) is 48.4 Å². The maximum absolute atomic E-state index is 12.2. The summed E-state index contributed by atoms with van der Waals surface area (Å²) in [5, 5.41) is 7.01. The number of benzene rings is 2. The van der Waals surface area contributed by atoms with Crippen molar-refractivity contribution in [2.45, 2.75) is 6.42 Å². The van der Waals surface area contributed by atoms with E-state index in [0.29, 0.717) is 6.54 Å². The van der Waals surface area contributed by atoms with Gasteiger partial charge in [-0.2, -0.15) is 0 Å². The fourth-order valence-corrected chi connectivity index (χ4v) is 3.08. The van der Waals surface area contributed by atoms with Crippen molar-refractivity contribution in [1.82, 2.24) is 14.9 Å². The van der Waals surface area contributed by atoms with Crippen LogP contribution >= 0.6 is 0 Å². The minimum atomic E-state index is -0.200. The first-order chi connectivity index (χ1) is 12.8. The number of hydrogen-bond acceptors (Lipinski definition) is 1. The molecule has 2 amide bonds. The molecule has 130 valence electrons. The van der Waals surface area contributed by atoms with Gasteiger partial charge in [-0.3, -0.25) is 0 Å². The van der Waals surface area contributed by atoms with Crippen LogP contribution in [0.1, 0.15) is 5.56 Å². The number of para-hydroxylation sites is 1. The van der Waals surface area contributed by atoms with Gasteiger partial charge in [0.1, 0.15) is 0 Å². The third kappa shape index (κ3) is 3.47. The Morgan fingerprint density at radius 2 is 1.85 bits per heavy atom. The molecule has 0 aliphatic carbocycles. The predicted molar refractivity (Wildman–Crippen MR) is 105 cm³/mol. The van der Waals surface area contributed by atoms with Crippen molar-refractivity contribution in [1.29, 1.82) is 0 Å². The van der Waals surface area contributed by atoms with Crippen molar-refractivity contribution >= 4 is 22.6 Å². The maximum atomic E-state index is 12.2. The summed E-state index contributed by atoms with van der Waals surface area (Å²) in [7, 11) is 0. The van der Waals surface area contributed by atoms with Crippen LogP contribution in [0.3, 0.4) is 0 Å². The lowest BCUT2D eigenvalue weighted by Gasteiger charge is -2.09. The lowest BCUT2D eigenvalue weighted by atomic mass is 10.1. The molecule has 2 aromatic carbocycles. The molecule has 0 saturated heterocycles. The van der Waals surface area contributed by atoms with E-state index >= 15 is 0 Å². The second-order valence-corrected chi connectivity index (χ2v) is 6.13. The van der Waals surface area contributed by atoms with Gasteiger partial charge in [-0.25, -0.2) is 4.79 Å². The van der Waals surface area contributed by atoms with E-state index in [1.54, 1.807) is 0 Å². The highest BCUT2D eigenvalue weighted by Crippen LogP contribution is 2.18. The van der Waals surface area contributed by atoms with Crippen LogP contribution in [-0.4, -0.2) is 22.1 Å². The molecular weight excluding hydrogens is 324 g/mol. The molecule has 4 rings (SSSR count). The number of nitrogens with one attached hydrogen (secondary N) is 3. The van der Waals surface area contributed by atoms with Crippen molar-refractivity contribution in [3.63, 3.8) is 0 Å². The third-order valence-electron chi connectivity index (χ3n) is 4.36. The summed E-state index contributed by atoms with van der Waals surface area (Å²) >= 11 is 0. The van der Waals surface area contributed by atoms with Gasteiger partial charge in [0.15, 0.2) is 0 Å². The first-order valence-corrected chi connectivity index (χ1v) is 8.63. The molecule has 4 aromatic rings. The molecule has 0 aliphatic rings. The Bertz CT molecular complexity index is 1020. The minimum Gasteiger partial charge on any atom is -0.361 e. The number of rotatable bonds is 5. The molecule has 0 bridgehead atoms. The monoisotopic (exact) mass is 344 g/mol. The van der Waals surface area contributed by atoms with E-state index in [0.717, 1.165) is 23.3 Å². The molecule has 5 heteroatoms. The first-order valence-electron chi connectivity index (χ1n) is 8.63. The fraction of sp³-hybridized carbons (Fsp3) is 0.0952. The van der Waals surface area contributed by atoms with Gasteiger partial charge in [0, 0.05) is 47.4 Å². The zero-order chi connectivity index (χ0) is 17.8. The van der Waals surface area contributed by atoms with Crippen molar-refractivity contribution in [2.24, 2.45) is 0 Å². The summed E-state index contributed by atoms with van der Waals surface area (Å²) in [5.74, 6) is 0. The molecular formula is C21H20N4O. The maximum Gasteiger partial charge on any atom is 0.319 e. The molecule has 5 nitrogen and oxygen atoms in total. The number of aromatic amines is 1. The Kier molecular flexibility index (Phi) is 4.43. The van der Waals surface area contributed by atoms with E-state index in [9.17, 15) is 4.79 Å². The highest BCUT2D eigenvalue weighted by Gasteiger charge is 2.05. The van der Waals surface area contributed by atoms with Crippen LogP contribution < -0.4 is 10.6 Å². The van der Waals surface area contributed by atoms with Crippen LogP contribution in [0.5, 0.6) is 0 Å². The normalized spacial score (nSPS) is 10.8. The van der Waals surface area contributed by atoms with Crippen molar-refractivity contribution in [2.75, 3.05) is 11.9 Å². The largest absolute Gasteiger partial charge is 0.361 e. The van der Waals surface area contributed by atoms with Crippen molar-refractivity contribution in [3.05, 3.63) is 84.8 Å². The van der Waals surface area contributed by atoms with Gasteiger partial charge in [0.2, 0.25) is 0 Å². The van der Waals surface area contributed by atoms with Gasteiger partial charge < -0.3 is 20.2 Å². The molecule has 0 saturated carbocycles. The number of carbonyl (C=O) groups is 1. The van der Waals surface area contributed by atoms with Crippen molar-refractivity contribution < 1.29 is 4.79 Å². The molecule has 0 atom stereocenters. The Balaban J connectivity index is 1.34. The van der Waals surface area contributed by atoms with Gasteiger partial charge >= 0.3 is 6.03 Å². The highest BCUT2D eigenvalue weighted by atomic mass is 16.2. The number of anilines is 1. The molecule has 0 radical (unpaired) electrons. The summed E-state index contributed by atoms with van der Waals surface area (Å²) < 4.78 is 2.00. The number of hydrogen-bond donors (Lipinski definition) is 3. The topological polar surface area (TPSA) is 61.9 Å². The summed E-state index contributed by atoms with van der Waals surface area (Å²) in [6.45, 7) is 0.574. The van der Waals surface area contributed by atoms with E-state index in [1.807, 2.05) is 71.7 Å². The zero-order valence-corrected chi connectivity index (χ0v) is 14.3. The molecule has 0 unspecified atom stereocenters. The molecule has 2 aromatic heterocycles. The molecule has 0 aliphatic heterocycles. The Hall–Kier alpha value is -3.47. The number of urea groups is 1. The number of aromatic nitrogens is 2. The first kappa shape index (κ1) is 16.0. The molecule has 0 spiro atoms. The Labute approximate surface area is 151 Å². The number of fused-ring (bicyclic) bond motifs is 1. The van der Waals surface area contributed by atoms with E-state index in [4.69, 9.17) is 0 Å². The van der Waals surface area contributed by atoms with E-state index in [1.165, 1.54) is 10.9 Å². The summed E-state index contributed by atoms with van der Waals surface area (Å²) in [6, 6.07) is 19.7. The number of amides is 2. The van der Waals surface area contributed by atoms with Gasteiger partial charge in [0.05, 0.1) is 0 Å². The lowest BCUT2D eigenvalue weighted by Crippen LogP contribution is -2.30. The average molecular weight is 344 g/mol. The Morgan fingerprint density at radius 3 is 2.73 bits per heavy atom. The van der Waals surface area contributed by atoms with Crippen LogP contribution in [0.2, 0.25) is 0 Å². The molecule has 3 N–H and O–H groups in total. The van der Waals surface area contributed by atoms with Crippen LogP contribution in [0.4, 0.5) is 10.5 Å².